The molecular formula is C10H13ClN2O2S. The molecular weight excluding hydrogens is 248 g/mol. The zero-order valence-electron chi connectivity index (χ0n) is 9.07. The predicted octanol–water partition coefficient (Wildman–Crippen LogP) is 1.72. The topological polar surface area (TPSA) is 65.2 Å². The van der Waals surface area contributed by atoms with E-state index in [0.29, 0.717) is 10.8 Å². The number of carbonyl (C=O) groups excluding carboxylic acids is 1. The van der Waals surface area contributed by atoms with E-state index in [4.69, 9.17) is 17.3 Å². The number of ether oxygens (including phenoxy) is 1. The lowest BCUT2D eigenvalue weighted by atomic mass is 10.1. The first kappa shape index (κ1) is 13.3. The Balaban J connectivity index is 2.57. The summed E-state index contributed by atoms with van der Waals surface area (Å²) in [6.07, 6.45) is 1.55. The Morgan fingerprint density at radius 2 is 2.38 bits per heavy atom. The standard InChI is InChI=1S/C10H13ClN2O2S/c1-10(12,9(14)15-2)6-16-8-4-3-7(11)5-13-8/h3-5H,6,12H2,1-2H3. The van der Waals surface area contributed by atoms with Crippen molar-refractivity contribution in [3.05, 3.63) is 23.4 Å². The molecule has 88 valence electrons. The molecule has 1 aromatic heterocycles. The highest BCUT2D eigenvalue weighted by molar-refractivity contribution is 7.99. The van der Waals surface area contributed by atoms with Gasteiger partial charge in [0.15, 0.2) is 0 Å². The minimum atomic E-state index is -1.01. The summed E-state index contributed by atoms with van der Waals surface area (Å²) in [7, 11) is 1.32. The SMILES string of the molecule is COC(=O)C(C)(N)CSc1ccc(Cl)cn1. The second-order valence-electron chi connectivity index (χ2n) is 3.51. The summed E-state index contributed by atoms with van der Waals surface area (Å²) in [4.78, 5) is 15.4. The molecule has 1 aromatic rings. The number of methoxy groups -OCH3 is 1. The van der Waals surface area contributed by atoms with E-state index in [0.717, 1.165) is 5.03 Å². The number of thioether (sulfide) groups is 1. The number of nitrogens with zero attached hydrogens (tertiary/aromatic N) is 1. The molecule has 0 fully saturated rings. The van der Waals surface area contributed by atoms with Crippen LogP contribution in [0.1, 0.15) is 6.92 Å². The first-order chi connectivity index (χ1) is 7.45. The Hall–Kier alpha value is -0.780. The monoisotopic (exact) mass is 260 g/mol. The van der Waals surface area contributed by atoms with Crippen LogP contribution in [0.2, 0.25) is 5.02 Å². The van der Waals surface area contributed by atoms with Crippen LogP contribution in [-0.2, 0) is 9.53 Å². The molecule has 0 radical (unpaired) electrons. The van der Waals surface area contributed by atoms with Crippen molar-refractivity contribution < 1.29 is 9.53 Å². The van der Waals surface area contributed by atoms with Crippen LogP contribution >= 0.6 is 23.4 Å². The van der Waals surface area contributed by atoms with Crippen molar-refractivity contribution in [1.29, 1.82) is 0 Å². The highest BCUT2D eigenvalue weighted by Crippen LogP contribution is 2.21. The van der Waals surface area contributed by atoms with Crippen molar-refractivity contribution in [1.82, 2.24) is 4.98 Å². The Bertz CT molecular complexity index is 368. The summed E-state index contributed by atoms with van der Waals surface area (Å²) < 4.78 is 4.60. The maximum absolute atomic E-state index is 11.3. The van der Waals surface area contributed by atoms with Gasteiger partial charge in [-0.3, -0.25) is 4.79 Å². The molecule has 0 aliphatic carbocycles. The molecule has 0 saturated carbocycles. The van der Waals surface area contributed by atoms with Gasteiger partial charge in [-0.1, -0.05) is 11.6 Å². The molecule has 0 aromatic carbocycles. The van der Waals surface area contributed by atoms with Crippen LogP contribution in [0.4, 0.5) is 0 Å². The van der Waals surface area contributed by atoms with Gasteiger partial charge < -0.3 is 10.5 Å². The Morgan fingerprint density at radius 3 is 2.88 bits per heavy atom. The molecule has 0 bridgehead atoms. The first-order valence-electron chi connectivity index (χ1n) is 4.57. The van der Waals surface area contributed by atoms with Crippen molar-refractivity contribution in [2.75, 3.05) is 12.9 Å². The molecule has 0 amide bonds. The number of nitrogens with two attached hydrogens (primary N) is 1. The van der Waals surface area contributed by atoms with Gasteiger partial charge >= 0.3 is 5.97 Å². The van der Waals surface area contributed by atoms with E-state index in [-0.39, 0.29) is 0 Å². The molecule has 6 heteroatoms. The van der Waals surface area contributed by atoms with Gasteiger partial charge in [0.2, 0.25) is 0 Å². The van der Waals surface area contributed by atoms with E-state index >= 15 is 0 Å². The van der Waals surface area contributed by atoms with Crippen LogP contribution in [0.15, 0.2) is 23.4 Å². The molecule has 1 heterocycles. The van der Waals surface area contributed by atoms with Gasteiger partial charge in [-0.05, 0) is 19.1 Å². The van der Waals surface area contributed by atoms with Gasteiger partial charge in [0, 0.05) is 11.9 Å². The first-order valence-corrected chi connectivity index (χ1v) is 5.94. The smallest absolute Gasteiger partial charge is 0.326 e. The number of carbonyl (C=O) groups is 1. The highest BCUT2D eigenvalue weighted by Gasteiger charge is 2.29. The van der Waals surface area contributed by atoms with Crippen molar-refractivity contribution in [3.63, 3.8) is 0 Å². The van der Waals surface area contributed by atoms with Gasteiger partial charge in [-0.15, -0.1) is 11.8 Å². The fourth-order valence-corrected chi connectivity index (χ4v) is 1.93. The van der Waals surface area contributed by atoms with E-state index in [9.17, 15) is 4.79 Å². The summed E-state index contributed by atoms with van der Waals surface area (Å²) in [5.41, 5.74) is 4.79. The van der Waals surface area contributed by atoms with Gasteiger partial charge in [0.05, 0.1) is 17.2 Å². The average Bonchev–Trinajstić information content (AvgIpc) is 2.27. The van der Waals surface area contributed by atoms with Crippen LogP contribution in [-0.4, -0.2) is 29.4 Å². The number of esters is 1. The molecule has 16 heavy (non-hydrogen) atoms. The summed E-state index contributed by atoms with van der Waals surface area (Å²) in [5.74, 6) is -0.0390. The van der Waals surface area contributed by atoms with Gasteiger partial charge in [0.25, 0.3) is 0 Å². The molecule has 1 rings (SSSR count). The van der Waals surface area contributed by atoms with Crippen LogP contribution < -0.4 is 5.73 Å². The zero-order valence-corrected chi connectivity index (χ0v) is 10.6. The predicted molar refractivity (Wildman–Crippen MR) is 64.6 cm³/mol. The molecule has 1 atom stereocenters. The lowest BCUT2D eigenvalue weighted by molar-refractivity contribution is -0.145. The van der Waals surface area contributed by atoms with Crippen LogP contribution in [0.25, 0.3) is 0 Å². The average molecular weight is 261 g/mol. The zero-order chi connectivity index (χ0) is 12.2. The minimum absolute atomic E-state index is 0.397. The number of halogens is 1. The lowest BCUT2D eigenvalue weighted by Gasteiger charge is -2.20. The van der Waals surface area contributed by atoms with Gasteiger partial charge in [-0.2, -0.15) is 0 Å². The molecule has 2 N–H and O–H groups in total. The Morgan fingerprint density at radius 1 is 1.69 bits per heavy atom. The molecule has 0 saturated heterocycles. The normalized spacial score (nSPS) is 14.2. The van der Waals surface area contributed by atoms with E-state index < -0.39 is 11.5 Å². The number of hydrogen-bond donors (Lipinski definition) is 1. The van der Waals surface area contributed by atoms with Crippen LogP contribution in [0.3, 0.4) is 0 Å². The quantitative estimate of drug-likeness (QED) is 0.660. The minimum Gasteiger partial charge on any atom is -0.468 e. The fraction of sp³-hybridized carbons (Fsp3) is 0.400. The third kappa shape index (κ3) is 3.66. The fourth-order valence-electron chi connectivity index (χ4n) is 0.964. The van der Waals surface area contributed by atoms with Crippen LogP contribution in [0.5, 0.6) is 0 Å². The van der Waals surface area contributed by atoms with E-state index in [2.05, 4.69) is 9.72 Å². The number of hydrogen-bond acceptors (Lipinski definition) is 5. The largest absolute Gasteiger partial charge is 0.468 e. The summed E-state index contributed by atoms with van der Waals surface area (Å²) in [5, 5.41) is 1.35. The summed E-state index contributed by atoms with van der Waals surface area (Å²) >= 11 is 7.09. The lowest BCUT2D eigenvalue weighted by Crippen LogP contribution is -2.48. The van der Waals surface area contributed by atoms with Crippen molar-refractivity contribution in [2.45, 2.75) is 17.5 Å². The molecule has 0 aliphatic rings. The second-order valence-corrected chi connectivity index (χ2v) is 4.94. The molecule has 0 spiro atoms. The number of aromatic nitrogens is 1. The van der Waals surface area contributed by atoms with Gasteiger partial charge in [-0.25, -0.2) is 4.98 Å². The maximum atomic E-state index is 11.3. The third-order valence-electron chi connectivity index (χ3n) is 1.87. The van der Waals surface area contributed by atoms with E-state index in [1.54, 1.807) is 25.3 Å². The third-order valence-corrected chi connectivity index (χ3v) is 3.38. The van der Waals surface area contributed by atoms with Crippen LogP contribution in [0, 0.1) is 0 Å². The Kier molecular flexibility index (Phi) is 4.58. The second kappa shape index (κ2) is 5.52. The number of pyridine rings is 1. The van der Waals surface area contributed by atoms with E-state index in [1.165, 1.54) is 18.9 Å². The van der Waals surface area contributed by atoms with Crippen molar-refractivity contribution >= 4 is 29.3 Å². The maximum Gasteiger partial charge on any atom is 0.326 e. The highest BCUT2D eigenvalue weighted by atomic mass is 35.5. The van der Waals surface area contributed by atoms with Crippen molar-refractivity contribution in [2.24, 2.45) is 5.73 Å². The van der Waals surface area contributed by atoms with Gasteiger partial charge in [0.1, 0.15) is 5.54 Å². The Labute approximate surface area is 104 Å². The molecule has 1 unspecified atom stereocenters. The van der Waals surface area contributed by atoms with Crippen molar-refractivity contribution in [3.8, 4) is 0 Å². The summed E-state index contributed by atoms with van der Waals surface area (Å²) in [6.45, 7) is 1.63. The molecule has 0 aliphatic heterocycles. The summed E-state index contributed by atoms with van der Waals surface area (Å²) in [6, 6.07) is 3.52. The van der Waals surface area contributed by atoms with E-state index in [1.807, 2.05) is 0 Å². The number of rotatable bonds is 4. The molecule has 4 nitrogen and oxygen atoms in total.